The minimum absolute atomic E-state index is 0.0229. The number of alkyl halides is 4. The van der Waals surface area contributed by atoms with Crippen LogP contribution in [-0.4, -0.2) is 91.4 Å². The number of aromatic hydroxyl groups is 1. The largest absolute Gasteiger partial charge is 0.505 e. The number of rotatable bonds is 7. The smallest absolute Gasteiger partial charge is 0.416 e. The highest BCUT2D eigenvalue weighted by atomic mass is 35.5. The Hall–Kier alpha value is -4.93. The number of pyridine rings is 1. The summed E-state index contributed by atoms with van der Waals surface area (Å²) in [6.45, 7) is 2.69. The minimum atomic E-state index is -4.62. The molecule has 1 unspecified atom stereocenters. The third kappa shape index (κ3) is 6.84. The second-order valence-electron chi connectivity index (χ2n) is 11.7. The van der Waals surface area contributed by atoms with Gasteiger partial charge < -0.3 is 29.7 Å². The summed E-state index contributed by atoms with van der Waals surface area (Å²) in [6, 6.07) is 5.45. The molecule has 0 spiro atoms. The fraction of sp³-hybridized carbons (Fsp3) is 0.419. The van der Waals surface area contributed by atoms with Gasteiger partial charge in [-0.1, -0.05) is 18.5 Å². The number of carbonyl (C=O) groups is 2. The van der Waals surface area contributed by atoms with Gasteiger partial charge in [0.25, 0.3) is 11.5 Å². The monoisotopic (exact) mass is 705 g/mol. The molecule has 0 radical (unpaired) electrons. The van der Waals surface area contributed by atoms with Crippen LogP contribution in [0.2, 0.25) is 5.02 Å². The maximum Gasteiger partial charge on any atom is 0.416 e. The fourth-order valence-electron chi connectivity index (χ4n) is 6.13. The van der Waals surface area contributed by atoms with Crippen molar-refractivity contribution in [3.8, 4) is 5.75 Å². The summed E-state index contributed by atoms with van der Waals surface area (Å²) in [7, 11) is 0. The molecule has 2 fully saturated rings. The van der Waals surface area contributed by atoms with Crippen LogP contribution in [0.1, 0.15) is 41.5 Å². The third-order valence-electron chi connectivity index (χ3n) is 8.54. The number of piperazine rings is 1. The van der Waals surface area contributed by atoms with Gasteiger partial charge in [-0.15, -0.1) is 5.10 Å². The minimum Gasteiger partial charge on any atom is -0.505 e. The Morgan fingerprint density at radius 3 is 2.51 bits per heavy atom. The van der Waals surface area contributed by atoms with E-state index in [1.54, 1.807) is 16.7 Å². The quantitative estimate of drug-likeness (QED) is 0.275. The third-order valence-corrected chi connectivity index (χ3v) is 8.85. The highest BCUT2D eigenvalue weighted by molar-refractivity contribution is 6.33. The number of nitrogens with zero attached hydrogens (tertiary/aromatic N) is 8. The molecule has 1 atom stereocenters. The Kier molecular flexibility index (Phi) is 9.37. The number of amides is 2. The van der Waals surface area contributed by atoms with Crippen molar-refractivity contribution in [3.05, 3.63) is 68.9 Å². The predicted molar refractivity (Wildman–Crippen MR) is 172 cm³/mol. The zero-order valence-corrected chi connectivity index (χ0v) is 27.0. The lowest BCUT2D eigenvalue weighted by Gasteiger charge is -2.36. The van der Waals surface area contributed by atoms with Crippen LogP contribution in [0.5, 0.6) is 5.75 Å². The number of aromatic nitrogens is 5. The molecule has 5 heterocycles. The molecule has 2 amide bonds. The van der Waals surface area contributed by atoms with Gasteiger partial charge in [0.2, 0.25) is 17.6 Å². The molecule has 2 aliphatic heterocycles. The number of carbonyl (C=O) groups excluding carboxylic acids is 2. The molecular weight excluding hydrogens is 674 g/mol. The molecule has 4 aromatic rings. The number of nitrogens with one attached hydrogen (secondary N) is 1. The predicted octanol–water partition coefficient (Wildman–Crippen LogP) is 3.77. The highest BCUT2D eigenvalue weighted by Crippen LogP contribution is 2.34. The maximum absolute atomic E-state index is 14.3. The Balaban J connectivity index is 1.35. The Morgan fingerprint density at radius 1 is 1.10 bits per heavy atom. The van der Waals surface area contributed by atoms with Crippen LogP contribution in [0.3, 0.4) is 0 Å². The zero-order valence-electron chi connectivity index (χ0n) is 26.3. The van der Waals surface area contributed by atoms with E-state index in [0.717, 1.165) is 16.6 Å². The molecule has 3 aromatic heterocycles. The van der Waals surface area contributed by atoms with Crippen LogP contribution in [0.25, 0.3) is 5.78 Å². The molecule has 0 bridgehead atoms. The normalized spacial score (nSPS) is 17.1. The van der Waals surface area contributed by atoms with Crippen molar-refractivity contribution < 1.29 is 32.3 Å². The summed E-state index contributed by atoms with van der Waals surface area (Å²) in [5, 5.41) is 16.8. The lowest BCUT2D eigenvalue weighted by molar-refractivity contribution is -0.137. The molecule has 0 saturated carbocycles. The average molecular weight is 706 g/mol. The molecule has 2 N–H and O–H groups in total. The van der Waals surface area contributed by atoms with Gasteiger partial charge in [-0.25, -0.2) is 9.37 Å². The van der Waals surface area contributed by atoms with E-state index >= 15 is 0 Å². The van der Waals surface area contributed by atoms with E-state index < -0.39 is 41.8 Å². The van der Waals surface area contributed by atoms with E-state index in [2.05, 4.69) is 20.4 Å². The molecule has 6 rings (SSSR count). The summed E-state index contributed by atoms with van der Waals surface area (Å²) < 4.78 is 56.4. The second kappa shape index (κ2) is 13.5. The Morgan fingerprint density at radius 2 is 1.86 bits per heavy atom. The number of anilines is 3. The Labute approximate surface area is 281 Å². The van der Waals surface area contributed by atoms with Crippen LogP contribution < -0.4 is 20.7 Å². The van der Waals surface area contributed by atoms with Gasteiger partial charge in [0.15, 0.2) is 5.69 Å². The van der Waals surface area contributed by atoms with Gasteiger partial charge >= 0.3 is 6.18 Å². The van der Waals surface area contributed by atoms with Crippen molar-refractivity contribution >= 4 is 46.5 Å². The van der Waals surface area contributed by atoms with Crippen molar-refractivity contribution in [2.45, 2.75) is 45.1 Å². The van der Waals surface area contributed by atoms with Crippen LogP contribution in [0, 0.1) is 0 Å². The topological polar surface area (TPSA) is 141 Å². The molecule has 49 heavy (non-hydrogen) atoms. The van der Waals surface area contributed by atoms with Crippen LogP contribution in [0.4, 0.5) is 34.9 Å². The van der Waals surface area contributed by atoms with Gasteiger partial charge in [-0.3, -0.25) is 14.4 Å². The van der Waals surface area contributed by atoms with Crippen molar-refractivity contribution in [1.82, 2.24) is 29.0 Å². The molecule has 260 valence electrons. The summed E-state index contributed by atoms with van der Waals surface area (Å²) in [5.74, 6) is -1.24. The number of halogens is 5. The van der Waals surface area contributed by atoms with Crippen LogP contribution >= 0.6 is 11.6 Å². The van der Waals surface area contributed by atoms with E-state index in [-0.39, 0.29) is 78.7 Å². The lowest BCUT2D eigenvalue weighted by Crippen LogP contribution is -2.51. The highest BCUT2D eigenvalue weighted by Gasteiger charge is 2.33. The first-order chi connectivity index (χ1) is 23.3. The number of hydrogen-bond acceptors (Lipinski definition) is 9. The molecular formula is C31H32ClF4N9O4. The van der Waals surface area contributed by atoms with Crippen LogP contribution in [0.15, 0.2) is 41.3 Å². The summed E-state index contributed by atoms with van der Waals surface area (Å²) in [5.41, 5.74) is -0.978. The van der Waals surface area contributed by atoms with Gasteiger partial charge in [-0.2, -0.15) is 22.7 Å². The van der Waals surface area contributed by atoms with Crippen molar-refractivity contribution in [2.24, 2.45) is 0 Å². The molecule has 18 heteroatoms. The molecule has 13 nitrogen and oxygen atoms in total. The van der Waals surface area contributed by atoms with E-state index in [0.29, 0.717) is 31.1 Å². The van der Waals surface area contributed by atoms with Crippen molar-refractivity contribution in [2.75, 3.05) is 54.4 Å². The standard InChI is InChI=1S/C31H32ClF4N9O4/c1-2-22-26(41-11-13-42(14-12-41)27(48)25-23(46)6-3-9-37-25)28(49)45-30(39-29(40-45)43-10-4-5-19(33)16-43)44(22)17-24(47)38-21-8-7-18(15-20(21)32)31(34,35)36/h3,6-9,15,19,46H,2,4-5,10-14,16-17H2,1H3,(H,38,47). The van der Waals surface area contributed by atoms with Crippen molar-refractivity contribution in [3.63, 3.8) is 0 Å². The van der Waals surface area contributed by atoms with E-state index in [1.165, 1.54) is 27.8 Å². The van der Waals surface area contributed by atoms with Crippen LogP contribution in [-0.2, 0) is 23.9 Å². The molecule has 0 aliphatic carbocycles. The SMILES string of the molecule is CCc1c(N2CCN(C(=O)c3ncccc3O)CC2)c(=O)n2nc(N3CCCC(F)C3)nc2n1CC(=O)Nc1ccc(C(F)(F)F)cc1Cl. The molecule has 1 aromatic carbocycles. The maximum atomic E-state index is 14.3. The van der Waals surface area contributed by atoms with E-state index in [9.17, 15) is 37.1 Å². The van der Waals surface area contributed by atoms with E-state index in [4.69, 9.17) is 11.6 Å². The summed E-state index contributed by atoms with van der Waals surface area (Å²) >= 11 is 6.09. The first kappa shape index (κ1) is 34.0. The second-order valence-corrected chi connectivity index (χ2v) is 12.1. The van der Waals surface area contributed by atoms with E-state index in [1.807, 2.05) is 0 Å². The van der Waals surface area contributed by atoms with Gasteiger partial charge in [0, 0.05) is 38.9 Å². The first-order valence-electron chi connectivity index (χ1n) is 15.6. The zero-order chi connectivity index (χ0) is 35.0. The summed E-state index contributed by atoms with van der Waals surface area (Å²) in [6.07, 6.45) is -3.12. The van der Waals surface area contributed by atoms with Gasteiger partial charge in [0.05, 0.1) is 28.5 Å². The molecule has 2 aliphatic rings. The number of fused-ring (bicyclic) bond motifs is 1. The van der Waals surface area contributed by atoms with Gasteiger partial charge in [-0.05, 0) is 49.6 Å². The molecule has 2 saturated heterocycles. The van der Waals surface area contributed by atoms with Crippen molar-refractivity contribution in [1.29, 1.82) is 0 Å². The number of hydrogen-bond donors (Lipinski definition) is 2. The number of benzene rings is 1. The Bertz CT molecular complexity index is 1960. The average Bonchev–Trinajstić information content (AvgIpc) is 3.53. The number of piperidine rings is 1. The first-order valence-corrected chi connectivity index (χ1v) is 16.0. The summed E-state index contributed by atoms with van der Waals surface area (Å²) in [4.78, 5) is 54.1. The van der Waals surface area contributed by atoms with Gasteiger partial charge in [0.1, 0.15) is 24.2 Å². The fourth-order valence-corrected chi connectivity index (χ4v) is 6.36. The lowest BCUT2D eigenvalue weighted by atomic mass is 10.1.